The molecule has 0 amide bonds. The Balaban J connectivity index is 2.61. The zero-order valence-corrected chi connectivity index (χ0v) is 12.6. The van der Waals surface area contributed by atoms with E-state index in [9.17, 15) is 0 Å². The van der Waals surface area contributed by atoms with Crippen molar-refractivity contribution in [2.24, 2.45) is 5.92 Å². The van der Waals surface area contributed by atoms with Crippen molar-refractivity contribution in [1.29, 1.82) is 0 Å². The van der Waals surface area contributed by atoms with Crippen molar-refractivity contribution in [2.75, 3.05) is 26.9 Å². The smallest absolute Gasteiger partial charge is 0.0857 e. The second-order valence-corrected chi connectivity index (χ2v) is 5.60. The highest BCUT2D eigenvalue weighted by Gasteiger charge is 2.41. The average Bonchev–Trinajstić information content (AvgIpc) is 2.38. The zero-order valence-electron chi connectivity index (χ0n) is 12.6. The lowest BCUT2D eigenvalue weighted by atomic mass is 9.75. The Morgan fingerprint density at radius 3 is 2.44 bits per heavy atom. The summed E-state index contributed by atoms with van der Waals surface area (Å²) in [5.41, 5.74) is -0.0102. The molecule has 0 aromatic carbocycles. The molecule has 1 N–H and O–H groups in total. The van der Waals surface area contributed by atoms with Crippen molar-refractivity contribution in [1.82, 2.24) is 5.32 Å². The maximum absolute atomic E-state index is 6.16. The summed E-state index contributed by atoms with van der Waals surface area (Å²) in [6, 6.07) is 0.316. The van der Waals surface area contributed by atoms with E-state index in [1.807, 2.05) is 7.05 Å². The van der Waals surface area contributed by atoms with Crippen LogP contribution in [0.3, 0.4) is 0 Å². The first-order valence-corrected chi connectivity index (χ1v) is 7.57. The first kappa shape index (κ1) is 15.9. The Morgan fingerprint density at radius 1 is 1.28 bits per heavy atom. The van der Waals surface area contributed by atoms with Crippen molar-refractivity contribution in [3.63, 3.8) is 0 Å². The van der Waals surface area contributed by atoms with Crippen LogP contribution in [-0.2, 0) is 9.47 Å². The summed E-state index contributed by atoms with van der Waals surface area (Å²) in [5.74, 6) is 0.840. The van der Waals surface area contributed by atoms with Gasteiger partial charge in [-0.2, -0.15) is 0 Å². The molecule has 0 radical (unpaired) electrons. The Bertz CT molecular complexity index is 213. The summed E-state index contributed by atoms with van der Waals surface area (Å²) >= 11 is 0. The normalized spacial score (nSPS) is 30.3. The molecule has 1 saturated carbocycles. The van der Waals surface area contributed by atoms with Gasteiger partial charge in [-0.1, -0.05) is 13.8 Å². The molecular formula is C15H31NO2. The van der Waals surface area contributed by atoms with Crippen LogP contribution in [0.5, 0.6) is 0 Å². The second kappa shape index (κ2) is 8.13. The highest BCUT2D eigenvalue weighted by atomic mass is 16.5. The van der Waals surface area contributed by atoms with Crippen molar-refractivity contribution < 1.29 is 9.47 Å². The van der Waals surface area contributed by atoms with Crippen LogP contribution in [0.1, 0.15) is 52.9 Å². The molecule has 3 heteroatoms. The third-order valence-corrected chi connectivity index (χ3v) is 4.17. The van der Waals surface area contributed by atoms with Gasteiger partial charge in [0.15, 0.2) is 0 Å². The van der Waals surface area contributed by atoms with Gasteiger partial charge in [-0.05, 0) is 52.0 Å². The van der Waals surface area contributed by atoms with Crippen LogP contribution in [0.15, 0.2) is 0 Å². The molecule has 1 atom stereocenters. The Hall–Kier alpha value is -0.120. The molecule has 1 fully saturated rings. The van der Waals surface area contributed by atoms with Gasteiger partial charge in [0.25, 0.3) is 0 Å². The summed E-state index contributed by atoms with van der Waals surface area (Å²) in [4.78, 5) is 0. The van der Waals surface area contributed by atoms with Gasteiger partial charge in [0.2, 0.25) is 0 Å². The second-order valence-electron chi connectivity index (χ2n) is 5.60. The van der Waals surface area contributed by atoms with E-state index in [0.717, 1.165) is 45.0 Å². The first-order chi connectivity index (χ1) is 8.68. The van der Waals surface area contributed by atoms with Gasteiger partial charge >= 0.3 is 0 Å². The number of nitrogens with one attached hydrogen (secondary N) is 1. The molecule has 1 rings (SSSR count). The van der Waals surface area contributed by atoms with Crippen LogP contribution >= 0.6 is 0 Å². The maximum Gasteiger partial charge on any atom is 0.0857 e. The number of hydrogen-bond donors (Lipinski definition) is 1. The molecule has 1 aliphatic carbocycles. The number of likely N-dealkylation sites (N-methyl/N-ethyl adjacent to an activating group) is 1. The van der Waals surface area contributed by atoms with Crippen molar-refractivity contribution in [3.8, 4) is 0 Å². The molecule has 0 saturated heterocycles. The van der Waals surface area contributed by atoms with Crippen LogP contribution in [0.25, 0.3) is 0 Å². The topological polar surface area (TPSA) is 30.5 Å². The quantitative estimate of drug-likeness (QED) is 0.678. The molecule has 0 spiro atoms. The van der Waals surface area contributed by atoms with E-state index in [-0.39, 0.29) is 5.60 Å². The maximum atomic E-state index is 6.16. The predicted molar refractivity (Wildman–Crippen MR) is 75.9 cm³/mol. The third-order valence-electron chi connectivity index (χ3n) is 4.17. The number of hydrogen-bond acceptors (Lipinski definition) is 3. The summed E-state index contributed by atoms with van der Waals surface area (Å²) in [6.07, 6.45) is 5.93. The largest absolute Gasteiger partial charge is 0.380 e. The fraction of sp³-hybridized carbons (Fsp3) is 1.00. The van der Waals surface area contributed by atoms with E-state index < -0.39 is 0 Å². The van der Waals surface area contributed by atoms with Crippen LogP contribution in [0.2, 0.25) is 0 Å². The molecule has 0 aromatic heterocycles. The van der Waals surface area contributed by atoms with E-state index in [1.54, 1.807) is 0 Å². The van der Waals surface area contributed by atoms with Gasteiger partial charge in [-0.15, -0.1) is 0 Å². The summed E-state index contributed by atoms with van der Waals surface area (Å²) in [7, 11) is 2.03. The number of rotatable bonds is 8. The highest BCUT2D eigenvalue weighted by molar-refractivity contribution is 4.96. The lowest BCUT2D eigenvalue weighted by Gasteiger charge is -2.44. The van der Waals surface area contributed by atoms with Gasteiger partial charge in [0.1, 0.15) is 0 Å². The predicted octanol–water partition coefficient (Wildman–Crippen LogP) is 2.99. The SMILES string of the molecule is CCCOCC(NC)C1(OCC)CCC(C)CC1. The van der Waals surface area contributed by atoms with Crippen LogP contribution in [0.4, 0.5) is 0 Å². The molecule has 0 bridgehead atoms. The van der Waals surface area contributed by atoms with Crippen molar-refractivity contribution >= 4 is 0 Å². The van der Waals surface area contributed by atoms with Crippen LogP contribution < -0.4 is 5.32 Å². The van der Waals surface area contributed by atoms with E-state index in [2.05, 4.69) is 26.1 Å². The highest BCUT2D eigenvalue weighted by Crippen LogP contribution is 2.37. The molecule has 18 heavy (non-hydrogen) atoms. The summed E-state index contributed by atoms with van der Waals surface area (Å²) in [6.45, 7) is 8.99. The lowest BCUT2D eigenvalue weighted by Crippen LogP contribution is -2.55. The minimum Gasteiger partial charge on any atom is -0.380 e. The summed E-state index contributed by atoms with van der Waals surface area (Å²) < 4.78 is 11.9. The first-order valence-electron chi connectivity index (χ1n) is 7.57. The molecule has 0 aliphatic heterocycles. The van der Waals surface area contributed by atoms with Crippen molar-refractivity contribution in [2.45, 2.75) is 64.5 Å². The number of ether oxygens (including phenoxy) is 2. The lowest BCUT2D eigenvalue weighted by molar-refractivity contribution is -0.109. The van der Waals surface area contributed by atoms with E-state index in [1.165, 1.54) is 12.8 Å². The Morgan fingerprint density at radius 2 is 1.94 bits per heavy atom. The molecule has 3 nitrogen and oxygen atoms in total. The Labute approximate surface area is 113 Å². The summed E-state index contributed by atoms with van der Waals surface area (Å²) in [5, 5.41) is 3.42. The van der Waals surface area contributed by atoms with Gasteiger partial charge in [0, 0.05) is 13.2 Å². The van der Waals surface area contributed by atoms with Gasteiger partial charge < -0.3 is 14.8 Å². The molecule has 0 aromatic rings. The fourth-order valence-corrected chi connectivity index (χ4v) is 2.98. The minimum atomic E-state index is -0.0102. The van der Waals surface area contributed by atoms with Gasteiger partial charge in [-0.25, -0.2) is 0 Å². The molecule has 108 valence electrons. The minimum absolute atomic E-state index is 0.0102. The third kappa shape index (κ3) is 4.22. The standard InChI is InChI=1S/C15H31NO2/c1-5-11-17-12-14(16-4)15(18-6-2)9-7-13(3)8-10-15/h13-14,16H,5-12H2,1-4H3. The van der Waals surface area contributed by atoms with E-state index >= 15 is 0 Å². The molecule has 1 unspecified atom stereocenters. The zero-order chi connectivity index (χ0) is 13.4. The van der Waals surface area contributed by atoms with Gasteiger partial charge in [0.05, 0.1) is 18.2 Å². The average molecular weight is 257 g/mol. The molecule has 0 heterocycles. The van der Waals surface area contributed by atoms with E-state index in [0.29, 0.717) is 6.04 Å². The van der Waals surface area contributed by atoms with Crippen molar-refractivity contribution in [3.05, 3.63) is 0 Å². The molecular weight excluding hydrogens is 226 g/mol. The monoisotopic (exact) mass is 257 g/mol. The van der Waals surface area contributed by atoms with E-state index in [4.69, 9.17) is 9.47 Å². The Kier molecular flexibility index (Phi) is 7.20. The molecule has 1 aliphatic rings. The fourth-order valence-electron chi connectivity index (χ4n) is 2.98. The van der Waals surface area contributed by atoms with Crippen LogP contribution in [-0.4, -0.2) is 38.5 Å². The van der Waals surface area contributed by atoms with Crippen LogP contribution in [0, 0.1) is 5.92 Å². The van der Waals surface area contributed by atoms with Gasteiger partial charge in [-0.3, -0.25) is 0 Å².